The Kier molecular flexibility index (Phi) is 4.03. The quantitative estimate of drug-likeness (QED) is 0.693. The lowest BCUT2D eigenvalue weighted by atomic mass is 10.4. The zero-order chi connectivity index (χ0) is 13.0. The molecule has 0 aliphatic carbocycles. The highest BCUT2D eigenvalue weighted by Gasteiger charge is 2.10. The first kappa shape index (κ1) is 12.7. The number of ether oxygens (including phenoxy) is 2. The second-order valence-electron chi connectivity index (χ2n) is 3.60. The number of rotatable bonds is 6. The van der Waals surface area contributed by atoms with E-state index in [1.807, 2.05) is 0 Å². The minimum absolute atomic E-state index is 0.0278. The molecule has 0 amide bonds. The minimum Gasteiger partial charge on any atom is -0.480 e. The summed E-state index contributed by atoms with van der Waals surface area (Å²) < 4.78 is 11.8. The molecular weight excluding hydrogens is 240 g/mol. The molecule has 0 saturated carbocycles. The third-order valence-corrected chi connectivity index (χ3v) is 2.32. The lowest BCUT2D eigenvalue weighted by Gasteiger charge is -2.08. The molecule has 0 aliphatic heterocycles. The van der Waals surface area contributed by atoms with E-state index in [9.17, 15) is 0 Å². The van der Waals surface area contributed by atoms with E-state index in [-0.39, 0.29) is 19.9 Å². The second-order valence-corrected chi connectivity index (χ2v) is 3.60. The molecule has 18 heavy (non-hydrogen) atoms. The minimum atomic E-state index is -0.893. The van der Waals surface area contributed by atoms with Crippen molar-refractivity contribution >= 4 is 11.0 Å². The summed E-state index contributed by atoms with van der Waals surface area (Å²) in [6.07, 6.45) is 2.07. The molecule has 0 aromatic carbocycles. The van der Waals surface area contributed by atoms with Gasteiger partial charge in [0.15, 0.2) is 5.65 Å². The lowest BCUT2D eigenvalue weighted by molar-refractivity contribution is -0.0194. The number of hydrogen-bond acceptors (Lipinski definition) is 7. The molecule has 2 heterocycles. The molecule has 0 bridgehead atoms. The maximum atomic E-state index is 9.13. The van der Waals surface area contributed by atoms with Gasteiger partial charge in [-0.1, -0.05) is 0 Å². The largest absolute Gasteiger partial charge is 0.480 e. The maximum absolute atomic E-state index is 9.13. The first-order valence-electron chi connectivity index (χ1n) is 5.33. The fourth-order valence-corrected chi connectivity index (χ4v) is 1.46. The van der Waals surface area contributed by atoms with Crippen molar-refractivity contribution in [3.05, 3.63) is 12.5 Å². The van der Waals surface area contributed by atoms with Gasteiger partial charge >= 0.3 is 0 Å². The fraction of sp³-hybridized carbons (Fsp3) is 0.500. The first-order valence-corrected chi connectivity index (χ1v) is 5.33. The Morgan fingerprint density at radius 1 is 1.44 bits per heavy atom. The van der Waals surface area contributed by atoms with Gasteiger partial charge in [-0.25, -0.2) is 14.6 Å². The molecule has 0 fully saturated rings. The van der Waals surface area contributed by atoms with Crippen molar-refractivity contribution in [1.82, 2.24) is 19.7 Å². The first-order chi connectivity index (χ1) is 8.76. The van der Waals surface area contributed by atoms with E-state index in [1.165, 1.54) is 18.1 Å². The molecule has 0 saturated heterocycles. The van der Waals surface area contributed by atoms with Gasteiger partial charge in [-0.05, 0) is 0 Å². The van der Waals surface area contributed by atoms with Gasteiger partial charge in [0, 0.05) is 0 Å². The number of hydrogen-bond donors (Lipinski definition) is 2. The third kappa shape index (κ3) is 2.55. The summed E-state index contributed by atoms with van der Waals surface area (Å²) in [5, 5.41) is 22.6. The van der Waals surface area contributed by atoms with Crippen LogP contribution in [0.25, 0.3) is 11.0 Å². The molecule has 2 aromatic rings. The molecule has 2 rings (SSSR count). The smallest absolute Gasteiger partial charge is 0.227 e. The molecule has 0 unspecified atom stereocenters. The number of aliphatic hydroxyl groups excluding tert-OH is 2. The summed E-state index contributed by atoms with van der Waals surface area (Å²) in [6, 6.07) is 0. The molecule has 2 aromatic heterocycles. The summed E-state index contributed by atoms with van der Waals surface area (Å²) >= 11 is 0. The highest BCUT2D eigenvalue weighted by atomic mass is 16.5. The molecule has 98 valence electrons. The van der Waals surface area contributed by atoms with Crippen LogP contribution in [-0.4, -0.2) is 56.4 Å². The molecule has 0 spiro atoms. The average molecular weight is 254 g/mol. The van der Waals surface area contributed by atoms with E-state index < -0.39 is 6.10 Å². The molecule has 0 aliphatic rings. The van der Waals surface area contributed by atoms with Gasteiger partial charge in [0.1, 0.15) is 24.5 Å². The van der Waals surface area contributed by atoms with Gasteiger partial charge in [0.2, 0.25) is 5.88 Å². The summed E-state index contributed by atoms with van der Waals surface area (Å²) in [6.45, 7) is -0.184. The van der Waals surface area contributed by atoms with Gasteiger partial charge < -0.3 is 19.7 Å². The van der Waals surface area contributed by atoms with E-state index in [4.69, 9.17) is 19.7 Å². The number of fused-ring (bicyclic) bond motifs is 1. The number of methoxy groups -OCH3 is 1. The van der Waals surface area contributed by atoms with E-state index in [0.29, 0.717) is 16.9 Å². The number of aliphatic hydroxyl groups is 2. The zero-order valence-electron chi connectivity index (χ0n) is 9.85. The van der Waals surface area contributed by atoms with E-state index in [2.05, 4.69) is 15.1 Å². The predicted octanol–water partition coefficient (Wildman–Crippen LogP) is -0.838. The molecule has 8 nitrogen and oxygen atoms in total. The van der Waals surface area contributed by atoms with Crippen molar-refractivity contribution in [3.63, 3.8) is 0 Å². The Labute approximate surface area is 103 Å². The van der Waals surface area contributed by atoms with Crippen LogP contribution >= 0.6 is 0 Å². The van der Waals surface area contributed by atoms with Crippen LogP contribution in [0.2, 0.25) is 0 Å². The fourth-order valence-electron chi connectivity index (χ4n) is 1.46. The van der Waals surface area contributed by atoms with Crippen LogP contribution in [0.1, 0.15) is 0 Å². The summed E-state index contributed by atoms with van der Waals surface area (Å²) in [5.74, 6) is 0.446. The highest BCUT2D eigenvalue weighted by molar-refractivity contribution is 5.79. The van der Waals surface area contributed by atoms with Crippen LogP contribution < -0.4 is 4.74 Å². The monoisotopic (exact) mass is 254 g/mol. The predicted molar refractivity (Wildman–Crippen MR) is 60.9 cm³/mol. The van der Waals surface area contributed by atoms with E-state index >= 15 is 0 Å². The Hall–Kier alpha value is -1.77. The van der Waals surface area contributed by atoms with E-state index in [1.54, 1.807) is 6.20 Å². The van der Waals surface area contributed by atoms with Crippen LogP contribution in [0, 0.1) is 0 Å². The Morgan fingerprint density at radius 3 is 3.00 bits per heavy atom. The Bertz CT molecular complexity index is 516. The lowest BCUT2D eigenvalue weighted by Crippen LogP contribution is -2.20. The Morgan fingerprint density at radius 2 is 2.28 bits per heavy atom. The molecule has 2 N–H and O–H groups in total. The Balaban J connectivity index is 2.10. The maximum Gasteiger partial charge on any atom is 0.227 e. The standard InChI is InChI=1S/C10H14N4O4/c1-17-10-8-2-13-14(9(8)11-5-12-10)6-18-4-7(16)3-15/h2,5,7,15-16H,3-4,6H2,1H3/t7-/m0/s1. The van der Waals surface area contributed by atoms with Crippen LogP contribution in [0.5, 0.6) is 5.88 Å². The van der Waals surface area contributed by atoms with Crippen molar-refractivity contribution in [3.8, 4) is 5.88 Å². The van der Waals surface area contributed by atoms with Gasteiger partial charge in [-0.15, -0.1) is 0 Å². The van der Waals surface area contributed by atoms with E-state index in [0.717, 1.165) is 0 Å². The molecular formula is C10H14N4O4. The van der Waals surface area contributed by atoms with Crippen molar-refractivity contribution in [2.24, 2.45) is 0 Å². The van der Waals surface area contributed by atoms with Gasteiger partial charge in [-0.2, -0.15) is 5.10 Å². The van der Waals surface area contributed by atoms with Crippen LogP contribution in [0.4, 0.5) is 0 Å². The topological polar surface area (TPSA) is 103 Å². The van der Waals surface area contributed by atoms with Crippen LogP contribution in [0.3, 0.4) is 0 Å². The van der Waals surface area contributed by atoms with Gasteiger partial charge in [-0.3, -0.25) is 0 Å². The second kappa shape index (κ2) is 5.71. The molecule has 0 radical (unpaired) electrons. The summed E-state index contributed by atoms with van der Waals surface area (Å²) in [4.78, 5) is 8.05. The SMILES string of the molecule is COc1ncnc2c1cnn2COC[C@@H](O)CO. The summed E-state index contributed by atoms with van der Waals surface area (Å²) in [7, 11) is 1.52. The number of aromatic nitrogens is 4. The van der Waals surface area contributed by atoms with Crippen molar-refractivity contribution < 1.29 is 19.7 Å². The third-order valence-electron chi connectivity index (χ3n) is 2.32. The number of nitrogens with zero attached hydrogens (tertiary/aromatic N) is 4. The van der Waals surface area contributed by atoms with Crippen molar-refractivity contribution in [2.45, 2.75) is 12.8 Å². The van der Waals surface area contributed by atoms with Gasteiger partial charge in [0.05, 0.1) is 26.5 Å². The molecule has 8 heteroatoms. The van der Waals surface area contributed by atoms with Crippen LogP contribution in [-0.2, 0) is 11.5 Å². The summed E-state index contributed by atoms with van der Waals surface area (Å²) in [5.41, 5.74) is 0.584. The van der Waals surface area contributed by atoms with Crippen molar-refractivity contribution in [2.75, 3.05) is 20.3 Å². The molecule has 1 atom stereocenters. The van der Waals surface area contributed by atoms with Gasteiger partial charge in [0.25, 0.3) is 0 Å². The highest BCUT2D eigenvalue weighted by Crippen LogP contribution is 2.19. The van der Waals surface area contributed by atoms with Crippen LogP contribution in [0.15, 0.2) is 12.5 Å². The average Bonchev–Trinajstić information content (AvgIpc) is 2.82. The zero-order valence-corrected chi connectivity index (χ0v) is 9.85. The van der Waals surface area contributed by atoms with Crippen molar-refractivity contribution in [1.29, 1.82) is 0 Å². The normalized spacial score (nSPS) is 12.8.